The van der Waals surface area contributed by atoms with Crippen LogP contribution in [0.5, 0.6) is 11.5 Å². The third-order valence-electron chi connectivity index (χ3n) is 6.66. The number of phenols is 2. The van der Waals surface area contributed by atoms with Gasteiger partial charge in [-0.15, -0.1) is 6.58 Å². The number of ether oxygens (including phenoxy) is 1. The number of aliphatic hydroxyl groups excluding tert-OH is 3. The Morgan fingerprint density at radius 3 is 2.41 bits per heavy atom. The highest BCUT2D eigenvalue weighted by Crippen LogP contribution is 2.39. The van der Waals surface area contributed by atoms with E-state index in [0.29, 0.717) is 24.0 Å². The van der Waals surface area contributed by atoms with E-state index < -0.39 is 48.2 Å². The monoisotopic (exact) mass is 512 g/mol. The number of benzene rings is 2. The number of aromatic hydroxyl groups is 2. The van der Waals surface area contributed by atoms with E-state index in [2.05, 4.69) is 6.58 Å². The van der Waals surface area contributed by atoms with Gasteiger partial charge in [-0.3, -0.25) is 9.59 Å². The van der Waals surface area contributed by atoms with E-state index in [1.807, 2.05) is 6.92 Å². The number of ketones is 2. The molecule has 1 unspecified atom stereocenters. The number of Topliss-reactive ketones (excluding diaryl/α,β-unsaturated/α-hetero) is 1. The lowest BCUT2D eigenvalue weighted by atomic mass is 9.78. The van der Waals surface area contributed by atoms with Gasteiger partial charge < -0.3 is 35.4 Å². The van der Waals surface area contributed by atoms with Crippen LogP contribution in [0, 0.1) is 0 Å². The minimum atomic E-state index is -2.50. The Morgan fingerprint density at radius 2 is 1.78 bits per heavy atom. The number of rotatable bonds is 9. The second-order valence-electron chi connectivity index (χ2n) is 9.29. The summed E-state index contributed by atoms with van der Waals surface area (Å²) in [7, 11) is 0. The maximum atomic E-state index is 12.9. The van der Waals surface area contributed by atoms with Crippen molar-refractivity contribution >= 4 is 17.6 Å². The quantitative estimate of drug-likeness (QED) is 0.167. The molecule has 0 aliphatic carbocycles. The van der Waals surface area contributed by atoms with Gasteiger partial charge in [0.2, 0.25) is 0 Å². The first-order chi connectivity index (χ1) is 17.4. The van der Waals surface area contributed by atoms with E-state index in [1.54, 1.807) is 24.3 Å². The molecule has 1 heterocycles. The van der Waals surface area contributed by atoms with Crippen LogP contribution in [0.2, 0.25) is 0 Å². The van der Waals surface area contributed by atoms with Gasteiger partial charge in [-0.1, -0.05) is 35.9 Å². The zero-order valence-corrected chi connectivity index (χ0v) is 20.7. The zero-order chi connectivity index (χ0) is 27.5. The van der Waals surface area contributed by atoms with Crippen LogP contribution >= 0.6 is 0 Å². The van der Waals surface area contributed by atoms with Crippen LogP contribution in [-0.4, -0.2) is 72.7 Å². The van der Waals surface area contributed by atoms with Crippen molar-refractivity contribution in [3.63, 3.8) is 0 Å². The number of hydrogen-bond donors (Lipinski definition) is 6. The summed E-state index contributed by atoms with van der Waals surface area (Å²) >= 11 is 0. The number of hydrogen-bond acceptors (Lipinski definition) is 9. The lowest BCUT2D eigenvalue weighted by molar-refractivity contribution is -0.267. The number of carbonyl (C=O) groups excluding carboxylic acids is 2. The van der Waals surface area contributed by atoms with Crippen LogP contribution in [0.3, 0.4) is 0 Å². The van der Waals surface area contributed by atoms with Crippen molar-refractivity contribution in [1.82, 2.24) is 0 Å². The molecule has 0 bridgehead atoms. The molecule has 2 aromatic rings. The van der Waals surface area contributed by atoms with Crippen LogP contribution in [0.15, 0.2) is 54.6 Å². The molecule has 37 heavy (non-hydrogen) atoms. The van der Waals surface area contributed by atoms with Gasteiger partial charge in [0.1, 0.15) is 35.9 Å². The largest absolute Gasteiger partial charge is 0.508 e. The molecule has 5 atom stereocenters. The smallest absolute Gasteiger partial charge is 0.189 e. The van der Waals surface area contributed by atoms with Crippen LogP contribution in [0.1, 0.15) is 53.4 Å². The van der Waals surface area contributed by atoms with Crippen molar-refractivity contribution < 1.29 is 45.0 Å². The second-order valence-corrected chi connectivity index (χ2v) is 9.29. The van der Waals surface area contributed by atoms with Crippen molar-refractivity contribution in [2.45, 2.75) is 56.7 Å². The fourth-order valence-electron chi connectivity index (χ4n) is 4.44. The number of allylic oxidation sites excluding steroid dienone is 2. The first-order valence-corrected chi connectivity index (χ1v) is 11.8. The molecule has 9 nitrogen and oxygen atoms in total. The minimum absolute atomic E-state index is 0.0144. The SMILES string of the molecule is C=C(C)CCc1c(O)ccc(C(=O)/C=C/c2ccccc2C2O[C@H](CO)[C@](O)(C(C)=O)[C@H](O)[C@H]2O)c1O. The van der Waals surface area contributed by atoms with Crippen molar-refractivity contribution in [3.05, 3.63) is 76.9 Å². The Balaban J connectivity index is 1.92. The summed E-state index contributed by atoms with van der Waals surface area (Å²) < 4.78 is 5.68. The van der Waals surface area contributed by atoms with Gasteiger partial charge in [0.15, 0.2) is 17.2 Å². The summed E-state index contributed by atoms with van der Waals surface area (Å²) in [6.45, 7) is 5.85. The molecule has 198 valence electrons. The molecule has 6 N–H and O–H groups in total. The molecule has 0 radical (unpaired) electrons. The van der Waals surface area contributed by atoms with Gasteiger partial charge in [-0.2, -0.15) is 0 Å². The third kappa shape index (κ3) is 5.51. The summed E-state index contributed by atoms with van der Waals surface area (Å²) in [5.74, 6) is -1.87. The molecule has 0 aromatic heterocycles. The van der Waals surface area contributed by atoms with Crippen molar-refractivity contribution in [1.29, 1.82) is 0 Å². The molecule has 0 saturated carbocycles. The normalized spacial score (nSPS) is 25.8. The van der Waals surface area contributed by atoms with Gasteiger partial charge >= 0.3 is 0 Å². The average molecular weight is 513 g/mol. The van der Waals surface area contributed by atoms with Gasteiger partial charge in [-0.05, 0) is 56.0 Å². The van der Waals surface area contributed by atoms with Gasteiger partial charge in [0.05, 0.1) is 12.2 Å². The van der Waals surface area contributed by atoms with E-state index in [4.69, 9.17) is 4.74 Å². The molecule has 0 amide bonds. The summed E-state index contributed by atoms with van der Waals surface area (Å²) in [4.78, 5) is 24.9. The van der Waals surface area contributed by atoms with Gasteiger partial charge in [-0.25, -0.2) is 0 Å². The predicted octanol–water partition coefficient (Wildman–Crippen LogP) is 1.98. The Morgan fingerprint density at radius 1 is 1.11 bits per heavy atom. The van der Waals surface area contributed by atoms with E-state index in [0.717, 1.165) is 12.5 Å². The lowest BCUT2D eigenvalue weighted by Crippen LogP contribution is -2.67. The Labute approximate surface area is 214 Å². The van der Waals surface area contributed by atoms with Crippen LogP contribution in [0.25, 0.3) is 6.08 Å². The number of phenolic OH excluding ortho intramolecular Hbond substituents is 2. The highest BCUT2D eigenvalue weighted by Gasteiger charge is 2.57. The molecular weight excluding hydrogens is 480 g/mol. The van der Waals surface area contributed by atoms with Crippen molar-refractivity contribution in [2.75, 3.05) is 6.61 Å². The lowest BCUT2D eigenvalue weighted by Gasteiger charge is -2.47. The topological polar surface area (TPSA) is 165 Å². The Bertz CT molecular complexity index is 1210. The van der Waals surface area contributed by atoms with Crippen LogP contribution < -0.4 is 0 Å². The molecule has 2 aromatic carbocycles. The van der Waals surface area contributed by atoms with Crippen molar-refractivity contribution in [2.24, 2.45) is 0 Å². The average Bonchev–Trinajstić information content (AvgIpc) is 2.86. The van der Waals surface area contributed by atoms with Crippen LogP contribution in [-0.2, 0) is 16.0 Å². The fraction of sp³-hybridized carbons (Fsp3) is 0.357. The number of carbonyl (C=O) groups is 2. The van der Waals surface area contributed by atoms with E-state index >= 15 is 0 Å². The second kappa shape index (κ2) is 11.4. The molecule has 1 saturated heterocycles. The molecule has 0 spiro atoms. The van der Waals surface area contributed by atoms with Gasteiger partial charge in [0, 0.05) is 5.56 Å². The highest BCUT2D eigenvalue weighted by molar-refractivity contribution is 6.09. The minimum Gasteiger partial charge on any atom is -0.508 e. The molecular formula is C28H32O9. The maximum absolute atomic E-state index is 12.9. The number of aliphatic hydroxyl groups is 4. The van der Waals surface area contributed by atoms with Crippen molar-refractivity contribution in [3.8, 4) is 11.5 Å². The highest BCUT2D eigenvalue weighted by atomic mass is 16.5. The molecule has 9 heteroatoms. The first-order valence-electron chi connectivity index (χ1n) is 11.8. The maximum Gasteiger partial charge on any atom is 0.189 e. The molecule has 1 aliphatic rings. The summed E-state index contributed by atoms with van der Waals surface area (Å²) in [6.07, 6.45) is -2.94. The third-order valence-corrected chi connectivity index (χ3v) is 6.66. The summed E-state index contributed by atoms with van der Waals surface area (Å²) in [5, 5.41) is 62.4. The summed E-state index contributed by atoms with van der Waals surface area (Å²) in [6, 6.07) is 9.15. The van der Waals surface area contributed by atoms with E-state index in [9.17, 15) is 40.2 Å². The van der Waals surface area contributed by atoms with E-state index in [1.165, 1.54) is 24.3 Å². The molecule has 3 rings (SSSR count). The Hall–Kier alpha value is -3.34. The zero-order valence-electron chi connectivity index (χ0n) is 20.7. The first kappa shape index (κ1) is 28.2. The van der Waals surface area contributed by atoms with Crippen LogP contribution in [0.4, 0.5) is 0 Å². The van der Waals surface area contributed by atoms with E-state index in [-0.39, 0.29) is 22.6 Å². The standard InChI is InChI=1S/C28H32O9/c1-15(2)8-10-19-22(32)13-11-20(24(19)33)21(31)12-9-17-6-4-5-7-18(17)26-25(34)27(35)28(36,16(3)30)23(14-29)37-26/h4-7,9,11-13,23,25-27,29,32-36H,1,8,10,14H2,2-3H3/b12-9+/t23-,25+,26?,27-,28-/m1/s1. The summed E-state index contributed by atoms with van der Waals surface area (Å²) in [5.41, 5.74) is -0.668. The van der Waals surface area contributed by atoms with Gasteiger partial charge in [0.25, 0.3) is 0 Å². The molecule has 1 aliphatic heterocycles. The fourth-order valence-corrected chi connectivity index (χ4v) is 4.44. The Kier molecular flexibility index (Phi) is 8.68. The molecule has 1 fully saturated rings. The predicted molar refractivity (Wildman–Crippen MR) is 135 cm³/mol.